The Morgan fingerprint density at radius 1 is 1.50 bits per heavy atom. The van der Waals surface area contributed by atoms with Crippen LogP contribution in [0, 0.1) is 0 Å². The van der Waals surface area contributed by atoms with E-state index in [0.717, 1.165) is 0 Å². The summed E-state index contributed by atoms with van der Waals surface area (Å²) in [5.41, 5.74) is 4.99. The molecule has 0 spiro atoms. The minimum absolute atomic E-state index is 0.0495. The number of anilines is 1. The van der Waals surface area contributed by atoms with Crippen LogP contribution in [0.25, 0.3) is 0 Å². The van der Waals surface area contributed by atoms with Crippen LogP contribution in [0.1, 0.15) is 20.3 Å². The van der Waals surface area contributed by atoms with Crippen LogP contribution in [0.15, 0.2) is 23.1 Å². The van der Waals surface area contributed by atoms with E-state index in [2.05, 4.69) is 4.72 Å². The quantitative estimate of drug-likeness (QED) is 0.715. The van der Waals surface area contributed by atoms with Gasteiger partial charge in [-0.2, -0.15) is 0 Å². The first-order valence-electron chi connectivity index (χ1n) is 5.44. The van der Waals surface area contributed by atoms with Crippen molar-refractivity contribution >= 4 is 27.3 Å². The number of halogens is 1. The van der Waals surface area contributed by atoms with E-state index in [1.54, 1.807) is 13.8 Å². The van der Waals surface area contributed by atoms with Crippen LogP contribution in [-0.2, 0) is 10.0 Å². The highest BCUT2D eigenvalue weighted by Crippen LogP contribution is 2.25. The molecule has 0 aliphatic heterocycles. The summed E-state index contributed by atoms with van der Waals surface area (Å²) in [5.74, 6) is 0. The number of nitrogen functional groups attached to an aromatic ring is 1. The lowest BCUT2D eigenvalue weighted by molar-refractivity contribution is 0.191. The van der Waals surface area contributed by atoms with Gasteiger partial charge >= 0.3 is 0 Å². The molecule has 0 aliphatic carbocycles. The maximum atomic E-state index is 12.2. The zero-order valence-corrected chi connectivity index (χ0v) is 11.8. The van der Waals surface area contributed by atoms with Crippen molar-refractivity contribution in [3.05, 3.63) is 23.2 Å². The second-order valence-corrected chi connectivity index (χ2v) is 6.43. The van der Waals surface area contributed by atoms with Crippen molar-refractivity contribution in [2.24, 2.45) is 0 Å². The minimum Gasteiger partial charge on any atom is -0.399 e. The molecule has 1 aromatic rings. The van der Waals surface area contributed by atoms with Gasteiger partial charge in [-0.05, 0) is 31.5 Å². The van der Waals surface area contributed by atoms with Crippen molar-refractivity contribution in [2.45, 2.75) is 30.7 Å². The molecule has 0 radical (unpaired) electrons. The van der Waals surface area contributed by atoms with E-state index in [4.69, 9.17) is 17.3 Å². The molecule has 1 atom stereocenters. The van der Waals surface area contributed by atoms with Gasteiger partial charge < -0.3 is 10.8 Å². The van der Waals surface area contributed by atoms with Crippen LogP contribution in [-0.4, -0.2) is 25.7 Å². The lowest BCUT2D eigenvalue weighted by Crippen LogP contribution is -2.48. The highest BCUT2D eigenvalue weighted by atomic mass is 35.5. The topological polar surface area (TPSA) is 92.4 Å². The fourth-order valence-electron chi connectivity index (χ4n) is 1.33. The maximum absolute atomic E-state index is 12.2. The SMILES string of the molecule is CCC(C)(CO)NS(=O)(=O)c1ccc(N)cc1Cl. The Balaban J connectivity index is 3.15. The number of hydrogen-bond acceptors (Lipinski definition) is 4. The molecule has 5 nitrogen and oxygen atoms in total. The van der Waals surface area contributed by atoms with Gasteiger partial charge in [0.1, 0.15) is 4.90 Å². The first kappa shape index (κ1) is 15.2. The van der Waals surface area contributed by atoms with Gasteiger partial charge in [0, 0.05) is 5.69 Å². The van der Waals surface area contributed by atoms with E-state index in [1.165, 1.54) is 18.2 Å². The average Bonchev–Trinajstić information content (AvgIpc) is 2.27. The molecule has 4 N–H and O–H groups in total. The molecule has 18 heavy (non-hydrogen) atoms. The van der Waals surface area contributed by atoms with E-state index in [9.17, 15) is 13.5 Å². The van der Waals surface area contributed by atoms with Crippen LogP contribution in [0.5, 0.6) is 0 Å². The largest absolute Gasteiger partial charge is 0.399 e. The van der Waals surface area contributed by atoms with Crippen LogP contribution < -0.4 is 10.5 Å². The third kappa shape index (κ3) is 3.35. The molecule has 0 aliphatic rings. The Kier molecular flexibility index (Phi) is 4.61. The van der Waals surface area contributed by atoms with Crippen LogP contribution in [0.4, 0.5) is 5.69 Å². The fraction of sp³-hybridized carbons (Fsp3) is 0.455. The Bertz CT molecular complexity index is 527. The molecule has 102 valence electrons. The highest BCUT2D eigenvalue weighted by molar-refractivity contribution is 7.89. The third-order valence-electron chi connectivity index (χ3n) is 2.76. The molecule has 0 heterocycles. The van der Waals surface area contributed by atoms with Crippen molar-refractivity contribution in [1.82, 2.24) is 4.72 Å². The lowest BCUT2D eigenvalue weighted by Gasteiger charge is -2.27. The van der Waals surface area contributed by atoms with E-state index in [-0.39, 0.29) is 16.5 Å². The van der Waals surface area contributed by atoms with Crippen LogP contribution in [0.3, 0.4) is 0 Å². The number of nitrogens with two attached hydrogens (primary N) is 1. The van der Waals surface area contributed by atoms with Crippen LogP contribution in [0.2, 0.25) is 5.02 Å². The molecule has 0 saturated carbocycles. The molecule has 0 aromatic heterocycles. The van der Waals surface area contributed by atoms with Gasteiger partial charge in [-0.3, -0.25) is 0 Å². The number of nitrogens with one attached hydrogen (secondary N) is 1. The average molecular weight is 293 g/mol. The van der Waals surface area contributed by atoms with Gasteiger partial charge in [-0.15, -0.1) is 0 Å². The number of hydrogen-bond donors (Lipinski definition) is 3. The van der Waals surface area contributed by atoms with Crippen molar-refractivity contribution in [1.29, 1.82) is 0 Å². The highest BCUT2D eigenvalue weighted by Gasteiger charge is 2.29. The molecule has 1 aromatic carbocycles. The Morgan fingerprint density at radius 3 is 2.56 bits per heavy atom. The molecule has 1 rings (SSSR count). The number of aliphatic hydroxyl groups excluding tert-OH is 1. The fourth-order valence-corrected chi connectivity index (χ4v) is 3.35. The lowest BCUT2D eigenvalue weighted by atomic mass is 10.0. The summed E-state index contributed by atoms with van der Waals surface area (Å²) in [4.78, 5) is -0.0495. The van der Waals surface area contributed by atoms with Crippen LogP contribution >= 0.6 is 11.6 Å². The Morgan fingerprint density at radius 2 is 2.11 bits per heavy atom. The summed E-state index contributed by atoms with van der Waals surface area (Å²) in [7, 11) is -3.79. The molecule has 7 heteroatoms. The van der Waals surface area contributed by atoms with Gasteiger partial charge in [0.2, 0.25) is 10.0 Å². The standard InChI is InChI=1S/C11H17ClN2O3S/c1-3-11(2,7-15)14-18(16,17)10-5-4-8(13)6-9(10)12/h4-6,14-15H,3,7,13H2,1-2H3. The van der Waals surface area contributed by atoms with Crippen molar-refractivity contribution in [3.8, 4) is 0 Å². The summed E-state index contributed by atoms with van der Waals surface area (Å²) in [6, 6.07) is 4.18. The van der Waals surface area contributed by atoms with Gasteiger partial charge in [0.05, 0.1) is 17.2 Å². The summed E-state index contributed by atoms with van der Waals surface area (Å²) in [5, 5.41) is 9.28. The summed E-state index contributed by atoms with van der Waals surface area (Å²) in [6.45, 7) is 3.11. The molecule has 0 fully saturated rings. The summed E-state index contributed by atoms with van der Waals surface area (Å²) < 4.78 is 26.7. The van der Waals surface area contributed by atoms with E-state index in [0.29, 0.717) is 12.1 Å². The second-order valence-electron chi connectivity index (χ2n) is 4.37. The van der Waals surface area contributed by atoms with Gasteiger partial charge in [0.25, 0.3) is 0 Å². The number of rotatable bonds is 5. The Labute approximate surface area is 112 Å². The summed E-state index contributed by atoms with van der Waals surface area (Å²) in [6.07, 6.45) is 0.454. The van der Waals surface area contributed by atoms with Crippen molar-refractivity contribution in [3.63, 3.8) is 0 Å². The van der Waals surface area contributed by atoms with E-state index in [1.807, 2.05) is 0 Å². The second kappa shape index (κ2) is 5.44. The molecule has 0 bridgehead atoms. The molecule has 1 unspecified atom stereocenters. The van der Waals surface area contributed by atoms with Crippen molar-refractivity contribution < 1.29 is 13.5 Å². The third-order valence-corrected chi connectivity index (χ3v) is 4.88. The first-order valence-corrected chi connectivity index (χ1v) is 7.30. The minimum atomic E-state index is -3.79. The first-order chi connectivity index (χ1) is 8.24. The van der Waals surface area contributed by atoms with E-state index < -0.39 is 15.6 Å². The predicted molar refractivity (Wildman–Crippen MR) is 72.0 cm³/mol. The maximum Gasteiger partial charge on any atom is 0.242 e. The molecular formula is C11H17ClN2O3S. The van der Waals surface area contributed by atoms with Crippen molar-refractivity contribution in [2.75, 3.05) is 12.3 Å². The Hall–Kier alpha value is -0.820. The van der Waals surface area contributed by atoms with E-state index >= 15 is 0 Å². The van der Waals surface area contributed by atoms with Gasteiger partial charge in [-0.25, -0.2) is 13.1 Å². The number of aliphatic hydroxyl groups is 1. The summed E-state index contributed by atoms with van der Waals surface area (Å²) >= 11 is 5.87. The number of benzene rings is 1. The molecule has 0 amide bonds. The smallest absolute Gasteiger partial charge is 0.242 e. The number of sulfonamides is 1. The monoisotopic (exact) mass is 292 g/mol. The zero-order valence-electron chi connectivity index (χ0n) is 10.3. The zero-order chi connectivity index (χ0) is 14.0. The molecule has 0 saturated heterocycles. The normalized spacial score (nSPS) is 15.3. The van der Waals surface area contributed by atoms with Gasteiger partial charge in [-0.1, -0.05) is 18.5 Å². The molecular weight excluding hydrogens is 276 g/mol. The predicted octanol–water partition coefficient (Wildman–Crippen LogP) is 1.36. The van der Waals surface area contributed by atoms with Gasteiger partial charge in [0.15, 0.2) is 0 Å².